The van der Waals surface area contributed by atoms with Crippen LogP contribution in [0.25, 0.3) is 0 Å². The molecule has 190 valence electrons. The van der Waals surface area contributed by atoms with Crippen LogP contribution in [0, 0.1) is 12.8 Å². The first kappa shape index (κ1) is 25.4. The van der Waals surface area contributed by atoms with Gasteiger partial charge in [0.1, 0.15) is 5.60 Å². The first-order chi connectivity index (χ1) is 18.0. The zero-order chi connectivity index (χ0) is 25.7. The van der Waals surface area contributed by atoms with Crippen molar-refractivity contribution in [2.75, 3.05) is 6.61 Å². The fourth-order valence-electron chi connectivity index (χ4n) is 5.24. The van der Waals surface area contributed by atoms with Crippen LogP contribution in [0.5, 0.6) is 0 Å². The highest BCUT2D eigenvalue weighted by Crippen LogP contribution is 2.42. The second kappa shape index (κ2) is 11.0. The summed E-state index contributed by atoms with van der Waals surface area (Å²) in [7, 11) is -3.86. The van der Waals surface area contributed by atoms with Crippen molar-refractivity contribution in [3.05, 3.63) is 138 Å². The monoisotopic (exact) mass is 512 g/mol. The van der Waals surface area contributed by atoms with Crippen molar-refractivity contribution in [1.82, 2.24) is 0 Å². The number of rotatable bonds is 9. The van der Waals surface area contributed by atoms with Gasteiger partial charge in [-0.15, -0.1) is 0 Å². The fourth-order valence-corrected chi connectivity index (χ4v) is 6.40. The fraction of sp³-hybridized carbons (Fsp3) is 0.250. The molecule has 0 N–H and O–H groups in total. The number of benzene rings is 4. The molecule has 5 rings (SSSR count). The zero-order valence-electron chi connectivity index (χ0n) is 21.0. The largest absolute Gasteiger partial charge is 0.360 e. The van der Waals surface area contributed by atoms with Crippen LogP contribution in [0.1, 0.15) is 41.5 Å². The molecule has 0 saturated heterocycles. The summed E-state index contributed by atoms with van der Waals surface area (Å²) >= 11 is 0. The van der Waals surface area contributed by atoms with E-state index in [4.69, 9.17) is 8.92 Å². The van der Waals surface area contributed by atoms with E-state index in [9.17, 15) is 8.42 Å². The first-order valence-corrected chi connectivity index (χ1v) is 14.2. The summed E-state index contributed by atoms with van der Waals surface area (Å²) < 4.78 is 38.9. The van der Waals surface area contributed by atoms with Gasteiger partial charge in [-0.2, -0.15) is 8.42 Å². The van der Waals surface area contributed by atoms with Gasteiger partial charge in [0.05, 0.1) is 17.6 Å². The summed E-state index contributed by atoms with van der Waals surface area (Å²) in [5, 5.41) is 0. The van der Waals surface area contributed by atoms with Gasteiger partial charge < -0.3 is 4.74 Å². The summed E-state index contributed by atoms with van der Waals surface area (Å²) in [4.78, 5) is 0.192. The lowest BCUT2D eigenvalue weighted by atomic mass is 9.80. The molecule has 0 amide bonds. The molecule has 2 atom stereocenters. The van der Waals surface area contributed by atoms with E-state index in [-0.39, 0.29) is 10.8 Å². The number of hydrogen-bond donors (Lipinski definition) is 0. The van der Waals surface area contributed by atoms with Crippen molar-refractivity contribution in [2.45, 2.75) is 42.8 Å². The van der Waals surface area contributed by atoms with Crippen LogP contribution >= 0.6 is 0 Å². The summed E-state index contributed by atoms with van der Waals surface area (Å²) in [5.41, 5.74) is 3.23. The maximum atomic E-state index is 13.0. The molecule has 1 aliphatic rings. The molecule has 4 aromatic carbocycles. The summed E-state index contributed by atoms with van der Waals surface area (Å²) in [6.45, 7) is 2.30. The molecule has 0 aliphatic heterocycles. The van der Waals surface area contributed by atoms with Gasteiger partial charge in [0.25, 0.3) is 10.1 Å². The van der Waals surface area contributed by atoms with E-state index in [1.807, 2.05) is 61.5 Å². The average Bonchev–Trinajstić information content (AvgIpc) is 3.37. The van der Waals surface area contributed by atoms with Crippen molar-refractivity contribution in [3.63, 3.8) is 0 Å². The van der Waals surface area contributed by atoms with Crippen LogP contribution < -0.4 is 0 Å². The molecule has 4 nitrogen and oxygen atoms in total. The predicted octanol–water partition coefficient (Wildman–Crippen LogP) is 6.88. The Morgan fingerprint density at radius 2 is 1.19 bits per heavy atom. The molecule has 1 fully saturated rings. The van der Waals surface area contributed by atoms with Crippen molar-refractivity contribution in [2.24, 2.45) is 5.92 Å². The molecule has 0 spiro atoms. The minimum atomic E-state index is -3.86. The molecule has 1 aliphatic carbocycles. The third-order valence-corrected chi connectivity index (χ3v) is 8.55. The lowest BCUT2D eigenvalue weighted by molar-refractivity contribution is -0.0245. The van der Waals surface area contributed by atoms with Crippen LogP contribution in [0.15, 0.2) is 120 Å². The molecule has 1 saturated carbocycles. The second-order valence-corrected chi connectivity index (χ2v) is 11.3. The van der Waals surface area contributed by atoms with E-state index in [1.54, 1.807) is 24.3 Å². The van der Waals surface area contributed by atoms with Gasteiger partial charge in [0.15, 0.2) is 0 Å². The van der Waals surface area contributed by atoms with Gasteiger partial charge in [0, 0.05) is 5.92 Å². The SMILES string of the molecule is Cc1ccc(S(=O)(=O)OC2CCCC2COC(c2ccccc2)(c2ccccc2)c2ccccc2)cc1. The Hall–Kier alpha value is -3.25. The smallest absolute Gasteiger partial charge is 0.297 e. The van der Waals surface area contributed by atoms with E-state index >= 15 is 0 Å². The summed E-state index contributed by atoms with van der Waals surface area (Å²) in [6, 6.07) is 37.5. The Kier molecular flexibility index (Phi) is 7.56. The van der Waals surface area contributed by atoms with Gasteiger partial charge >= 0.3 is 0 Å². The van der Waals surface area contributed by atoms with E-state index in [2.05, 4.69) is 36.4 Å². The molecule has 2 unspecified atom stereocenters. The lowest BCUT2D eigenvalue weighted by Gasteiger charge is -2.37. The molecule has 0 radical (unpaired) electrons. The van der Waals surface area contributed by atoms with Crippen molar-refractivity contribution in [3.8, 4) is 0 Å². The third-order valence-electron chi connectivity index (χ3n) is 7.20. The molecular weight excluding hydrogens is 480 g/mol. The van der Waals surface area contributed by atoms with Crippen molar-refractivity contribution >= 4 is 10.1 Å². The normalized spacial score (nSPS) is 18.1. The van der Waals surface area contributed by atoms with Gasteiger partial charge in [-0.25, -0.2) is 0 Å². The molecule has 0 heterocycles. The average molecular weight is 513 g/mol. The third kappa shape index (κ3) is 5.40. The molecule has 4 aromatic rings. The Bertz CT molecular complexity index is 1290. The van der Waals surface area contributed by atoms with Crippen LogP contribution in [-0.4, -0.2) is 21.1 Å². The number of ether oxygens (including phenoxy) is 1. The minimum absolute atomic E-state index is 0.0456. The second-order valence-electron chi connectivity index (χ2n) is 9.68. The highest BCUT2D eigenvalue weighted by Gasteiger charge is 2.40. The molecule has 5 heteroatoms. The van der Waals surface area contributed by atoms with Gasteiger partial charge in [0.2, 0.25) is 0 Å². The zero-order valence-corrected chi connectivity index (χ0v) is 21.8. The number of hydrogen-bond acceptors (Lipinski definition) is 4. The lowest BCUT2D eigenvalue weighted by Crippen LogP contribution is -2.36. The Labute approximate surface area is 220 Å². The maximum absolute atomic E-state index is 13.0. The molecular formula is C32H32O4S. The van der Waals surface area contributed by atoms with Gasteiger partial charge in [-0.1, -0.05) is 115 Å². The predicted molar refractivity (Wildman–Crippen MR) is 146 cm³/mol. The van der Waals surface area contributed by atoms with Gasteiger partial charge in [-0.3, -0.25) is 4.18 Å². The Balaban J connectivity index is 1.47. The van der Waals surface area contributed by atoms with Crippen LogP contribution in [0.3, 0.4) is 0 Å². The van der Waals surface area contributed by atoms with Crippen molar-refractivity contribution < 1.29 is 17.3 Å². The standard InChI is InChI=1S/C32H32O4S/c1-25-20-22-30(23-21-25)37(33,34)36-31-19-11-12-26(31)24-35-32(27-13-5-2-6-14-27,28-15-7-3-8-16-28)29-17-9-4-10-18-29/h2-10,13-18,20-23,26,31H,11-12,19,24H2,1H3. The van der Waals surface area contributed by atoms with Crippen LogP contribution in [0.2, 0.25) is 0 Å². The minimum Gasteiger partial charge on any atom is -0.360 e. The maximum Gasteiger partial charge on any atom is 0.297 e. The highest BCUT2D eigenvalue weighted by atomic mass is 32.2. The summed E-state index contributed by atoms with van der Waals surface area (Å²) in [5.74, 6) is -0.0456. The van der Waals surface area contributed by atoms with Crippen LogP contribution in [-0.2, 0) is 24.6 Å². The number of aryl methyl sites for hydroxylation is 1. The first-order valence-electron chi connectivity index (χ1n) is 12.8. The van der Waals surface area contributed by atoms with Crippen LogP contribution in [0.4, 0.5) is 0 Å². The topological polar surface area (TPSA) is 52.6 Å². The Morgan fingerprint density at radius 3 is 1.68 bits per heavy atom. The molecule has 37 heavy (non-hydrogen) atoms. The van der Waals surface area contributed by atoms with Gasteiger partial charge in [-0.05, 0) is 48.6 Å². The van der Waals surface area contributed by atoms with E-state index < -0.39 is 21.8 Å². The Morgan fingerprint density at radius 1 is 0.703 bits per heavy atom. The molecule has 0 aromatic heterocycles. The molecule has 0 bridgehead atoms. The van der Waals surface area contributed by atoms with E-state index in [0.717, 1.165) is 35.1 Å². The van der Waals surface area contributed by atoms with E-state index in [0.29, 0.717) is 13.0 Å². The summed E-state index contributed by atoms with van der Waals surface area (Å²) in [6.07, 6.45) is 2.01. The van der Waals surface area contributed by atoms with Crippen molar-refractivity contribution in [1.29, 1.82) is 0 Å². The highest BCUT2D eigenvalue weighted by molar-refractivity contribution is 7.86. The quantitative estimate of drug-likeness (QED) is 0.181. The van der Waals surface area contributed by atoms with E-state index in [1.165, 1.54) is 0 Å².